The number of pyridine rings is 1. The van der Waals surface area contributed by atoms with Crippen molar-refractivity contribution in [1.82, 2.24) is 15.2 Å². The first kappa shape index (κ1) is 22.0. The number of hydrogen-bond donors (Lipinski definition) is 1. The molecular weight excluding hydrogens is 430 g/mol. The van der Waals surface area contributed by atoms with Gasteiger partial charge in [0.25, 0.3) is 11.8 Å². The van der Waals surface area contributed by atoms with Crippen molar-refractivity contribution in [3.8, 4) is 6.07 Å². The molecule has 1 aromatic heterocycles. The summed E-state index contributed by atoms with van der Waals surface area (Å²) in [6, 6.07) is 8.55. The zero-order valence-electron chi connectivity index (χ0n) is 17.8. The van der Waals surface area contributed by atoms with Gasteiger partial charge in [0.1, 0.15) is 11.6 Å². The highest BCUT2D eigenvalue weighted by Crippen LogP contribution is 2.28. The summed E-state index contributed by atoms with van der Waals surface area (Å²) in [4.78, 5) is 45.6. The molecule has 1 N–H and O–H groups in total. The Hall–Kier alpha value is -3.16. The smallest absolute Gasteiger partial charge is 0.258 e. The highest BCUT2D eigenvalue weighted by molar-refractivity contribution is 7.99. The number of thioether (sulfide) groups is 1. The number of fused-ring (bicyclic) bond motifs is 1. The van der Waals surface area contributed by atoms with Gasteiger partial charge >= 0.3 is 0 Å². The SMILES string of the molecule is CC1(C)OCCN(c2ccc3nccc(C(=O)NCC(=O)N4CSC[C@H]4C#N)c3c2)C1=O. The lowest BCUT2D eigenvalue weighted by molar-refractivity contribution is -0.144. The van der Waals surface area contributed by atoms with E-state index in [2.05, 4.69) is 16.4 Å². The molecule has 3 amide bonds. The molecule has 0 saturated carbocycles. The van der Waals surface area contributed by atoms with E-state index in [9.17, 15) is 14.4 Å². The van der Waals surface area contributed by atoms with Crippen LogP contribution in [-0.2, 0) is 14.3 Å². The molecule has 2 fully saturated rings. The molecule has 0 spiro atoms. The first-order valence-electron chi connectivity index (χ1n) is 10.2. The molecule has 0 bridgehead atoms. The van der Waals surface area contributed by atoms with Crippen LogP contribution in [0.15, 0.2) is 30.5 Å². The third kappa shape index (κ3) is 4.13. The number of nitriles is 1. The lowest BCUT2D eigenvalue weighted by Crippen LogP contribution is -2.53. The Kier molecular flexibility index (Phi) is 6.04. The normalized spacial score (nSPS) is 20.3. The van der Waals surface area contributed by atoms with E-state index in [4.69, 9.17) is 10.00 Å². The Balaban J connectivity index is 1.55. The van der Waals surface area contributed by atoms with Crippen molar-refractivity contribution >= 4 is 46.1 Å². The van der Waals surface area contributed by atoms with Crippen molar-refractivity contribution in [2.75, 3.05) is 36.2 Å². The second-order valence-electron chi connectivity index (χ2n) is 8.07. The van der Waals surface area contributed by atoms with E-state index in [-0.39, 0.29) is 18.4 Å². The van der Waals surface area contributed by atoms with Gasteiger partial charge in [-0.1, -0.05) is 0 Å². The zero-order chi connectivity index (χ0) is 22.9. The van der Waals surface area contributed by atoms with Crippen LogP contribution in [-0.4, -0.2) is 70.6 Å². The minimum atomic E-state index is -0.919. The highest BCUT2D eigenvalue weighted by atomic mass is 32.2. The van der Waals surface area contributed by atoms with Crippen molar-refractivity contribution in [2.45, 2.75) is 25.5 Å². The minimum Gasteiger partial charge on any atom is -0.364 e. The summed E-state index contributed by atoms with van der Waals surface area (Å²) in [5, 5.41) is 12.4. The first-order valence-corrected chi connectivity index (χ1v) is 11.4. The van der Waals surface area contributed by atoms with Gasteiger partial charge in [-0.25, -0.2) is 0 Å². The Morgan fingerprint density at radius 3 is 2.97 bits per heavy atom. The number of rotatable bonds is 4. The Morgan fingerprint density at radius 1 is 1.38 bits per heavy atom. The topological polar surface area (TPSA) is 116 Å². The number of nitrogens with one attached hydrogen (secondary N) is 1. The number of nitrogens with zero attached hydrogens (tertiary/aromatic N) is 4. The Morgan fingerprint density at radius 2 is 2.19 bits per heavy atom. The molecule has 0 unspecified atom stereocenters. The number of anilines is 1. The number of hydrogen-bond acceptors (Lipinski definition) is 7. The summed E-state index contributed by atoms with van der Waals surface area (Å²) >= 11 is 1.51. The molecule has 2 aliphatic rings. The molecule has 1 atom stereocenters. The van der Waals surface area contributed by atoms with Crippen LogP contribution in [0.25, 0.3) is 10.9 Å². The van der Waals surface area contributed by atoms with Crippen molar-refractivity contribution in [3.63, 3.8) is 0 Å². The molecule has 2 aromatic rings. The molecule has 10 heteroatoms. The average molecular weight is 454 g/mol. The van der Waals surface area contributed by atoms with Crippen LogP contribution in [0.4, 0.5) is 5.69 Å². The van der Waals surface area contributed by atoms with E-state index in [0.29, 0.717) is 46.9 Å². The number of ether oxygens (including phenoxy) is 1. The maximum absolute atomic E-state index is 12.9. The van der Waals surface area contributed by atoms with Crippen molar-refractivity contribution in [3.05, 3.63) is 36.0 Å². The lowest BCUT2D eigenvalue weighted by atomic mass is 10.0. The molecule has 4 rings (SSSR count). The lowest BCUT2D eigenvalue weighted by Gasteiger charge is -2.37. The largest absolute Gasteiger partial charge is 0.364 e. The van der Waals surface area contributed by atoms with Crippen LogP contribution >= 0.6 is 11.8 Å². The van der Waals surface area contributed by atoms with Gasteiger partial charge in [-0.05, 0) is 38.1 Å². The monoisotopic (exact) mass is 453 g/mol. The molecule has 9 nitrogen and oxygen atoms in total. The van der Waals surface area contributed by atoms with E-state index in [0.717, 1.165) is 0 Å². The number of carbonyl (C=O) groups excluding carboxylic acids is 3. The van der Waals surface area contributed by atoms with E-state index >= 15 is 0 Å². The average Bonchev–Trinajstić information content (AvgIpc) is 3.27. The Bertz CT molecular complexity index is 1130. The van der Waals surface area contributed by atoms with Crippen LogP contribution in [0, 0.1) is 11.3 Å². The molecule has 166 valence electrons. The van der Waals surface area contributed by atoms with Gasteiger partial charge in [0.2, 0.25) is 5.91 Å². The number of amides is 3. The van der Waals surface area contributed by atoms with Gasteiger partial charge in [-0.2, -0.15) is 5.26 Å². The number of morpholine rings is 1. The summed E-state index contributed by atoms with van der Waals surface area (Å²) < 4.78 is 5.57. The van der Waals surface area contributed by atoms with Gasteiger partial charge in [-0.15, -0.1) is 11.8 Å². The van der Waals surface area contributed by atoms with Crippen LogP contribution in [0.2, 0.25) is 0 Å². The number of carbonyl (C=O) groups is 3. The standard InChI is InChI=1S/C22H23N5O4S/c1-22(2)21(30)26(7-8-31-22)14-3-4-18-17(9-14)16(5-6-24-18)20(29)25-11-19(28)27-13-32-12-15(27)10-23/h3-6,9,15H,7-8,11-13H2,1-2H3,(H,25,29)/t15-/m1/s1. The molecule has 0 radical (unpaired) electrons. The van der Waals surface area contributed by atoms with Crippen LogP contribution < -0.4 is 10.2 Å². The molecule has 2 saturated heterocycles. The van der Waals surface area contributed by atoms with Crippen LogP contribution in [0.5, 0.6) is 0 Å². The molecule has 2 aliphatic heterocycles. The maximum atomic E-state index is 12.9. The fourth-order valence-corrected chi connectivity index (χ4v) is 4.88. The molecule has 3 heterocycles. The van der Waals surface area contributed by atoms with E-state index in [1.807, 2.05) is 0 Å². The van der Waals surface area contributed by atoms with Gasteiger partial charge in [-0.3, -0.25) is 19.4 Å². The summed E-state index contributed by atoms with van der Waals surface area (Å²) in [5.41, 5.74) is 0.700. The third-order valence-electron chi connectivity index (χ3n) is 5.57. The number of benzene rings is 1. The van der Waals surface area contributed by atoms with Crippen LogP contribution in [0.3, 0.4) is 0 Å². The fourth-order valence-electron chi connectivity index (χ4n) is 3.77. The summed E-state index contributed by atoms with van der Waals surface area (Å²) in [7, 11) is 0. The summed E-state index contributed by atoms with van der Waals surface area (Å²) in [6.07, 6.45) is 1.53. The molecule has 32 heavy (non-hydrogen) atoms. The van der Waals surface area contributed by atoms with Gasteiger partial charge in [0.05, 0.1) is 36.2 Å². The first-order chi connectivity index (χ1) is 15.3. The van der Waals surface area contributed by atoms with Crippen molar-refractivity contribution in [2.24, 2.45) is 0 Å². The van der Waals surface area contributed by atoms with Crippen molar-refractivity contribution in [1.29, 1.82) is 5.26 Å². The quantitative estimate of drug-likeness (QED) is 0.746. The van der Waals surface area contributed by atoms with E-state index in [1.54, 1.807) is 43.0 Å². The van der Waals surface area contributed by atoms with Gasteiger partial charge in [0.15, 0.2) is 0 Å². The van der Waals surface area contributed by atoms with E-state index in [1.165, 1.54) is 22.9 Å². The van der Waals surface area contributed by atoms with Crippen LogP contribution in [0.1, 0.15) is 24.2 Å². The van der Waals surface area contributed by atoms with Gasteiger partial charge < -0.3 is 19.9 Å². The zero-order valence-corrected chi connectivity index (χ0v) is 18.6. The minimum absolute atomic E-state index is 0.154. The second kappa shape index (κ2) is 8.76. The van der Waals surface area contributed by atoms with Gasteiger partial charge in [0, 0.05) is 29.6 Å². The summed E-state index contributed by atoms with van der Waals surface area (Å²) in [5.74, 6) is 0.148. The molecule has 0 aliphatic carbocycles. The predicted octanol–water partition coefficient (Wildman–Crippen LogP) is 1.53. The number of aromatic nitrogens is 1. The fraction of sp³-hybridized carbons (Fsp3) is 0.409. The predicted molar refractivity (Wildman–Crippen MR) is 120 cm³/mol. The molecule has 1 aromatic carbocycles. The Labute approximate surface area is 189 Å². The maximum Gasteiger partial charge on any atom is 0.258 e. The summed E-state index contributed by atoms with van der Waals surface area (Å²) in [6.45, 7) is 4.10. The van der Waals surface area contributed by atoms with E-state index < -0.39 is 17.6 Å². The highest BCUT2D eigenvalue weighted by Gasteiger charge is 2.37. The second-order valence-corrected chi connectivity index (χ2v) is 9.07. The molecular formula is C22H23N5O4S. The van der Waals surface area contributed by atoms with Crippen molar-refractivity contribution < 1.29 is 19.1 Å². The third-order valence-corrected chi connectivity index (χ3v) is 6.58.